The predicted molar refractivity (Wildman–Crippen MR) is 87.5 cm³/mol. The summed E-state index contributed by atoms with van der Waals surface area (Å²) in [6, 6.07) is 8.35. The second-order valence-corrected chi connectivity index (χ2v) is 7.28. The van der Waals surface area contributed by atoms with E-state index in [0.29, 0.717) is 6.04 Å². The maximum absolute atomic E-state index is 11.3. The monoisotopic (exact) mass is 308 g/mol. The van der Waals surface area contributed by atoms with E-state index >= 15 is 0 Å². The van der Waals surface area contributed by atoms with E-state index in [4.69, 9.17) is 11.6 Å². The highest BCUT2D eigenvalue weighted by molar-refractivity contribution is 6.31. The van der Waals surface area contributed by atoms with Crippen LogP contribution in [0, 0.1) is 0 Å². The maximum atomic E-state index is 11.3. The van der Waals surface area contributed by atoms with Gasteiger partial charge in [-0.05, 0) is 51.7 Å². The number of carbonyl (C=O) groups is 1. The Morgan fingerprint density at radius 3 is 2.52 bits per heavy atom. The van der Waals surface area contributed by atoms with Crippen molar-refractivity contribution >= 4 is 17.5 Å². The summed E-state index contributed by atoms with van der Waals surface area (Å²) < 4.78 is 0. The van der Waals surface area contributed by atoms with Crippen molar-refractivity contribution in [2.75, 3.05) is 0 Å². The lowest BCUT2D eigenvalue weighted by Crippen LogP contribution is -2.48. The number of amides is 1. The Morgan fingerprint density at radius 2 is 2.00 bits per heavy atom. The average Bonchev–Trinajstić information content (AvgIpc) is 3.07. The van der Waals surface area contributed by atoms with Crippen molar-refractivity contribution in [2.24, 2.45) is 0 Å². The molecule has 3 nitrogen and oxygen atoms in total. The highest BCUT2D eigenvalue weighted by Crippen LogP contribution is 2.48. The van der Waals surface area contributed by atoms with Gasteiger partial charge in [-0.15, -0.1) is 0 Å². The van der Waals surface area contributed by atoms with Crippen LogP contribution in [0.2, 0.25) is 5.02 Å². The molecule has 1 amide bonds. The van der Waals surface area contributed by atoms with E-state index in [-0.39, 0.29) is 17.0 Å². The molecule has 2 rings (SSSR count). The van der Waals surface area contributed by atoms with Crippen LogP contribution in [-0.2, 0) is 10.3 Å². The molecule has 1 fully saturated rings. The van der Waals surface area contributed by atoms with E-state index in [1.807, 2.05) is 18.2 Å². The molecule has 1 aromatic rings. The van der Waals surface area contributed by atoms with E-state index in [9.17, 15) is 4.79 Å². The van der Waals surface area contributed by atoms with E-state index in [1.165, 1.54) is 5.56 Å². The first-order valence-corrected chi connectivity index (χ1v) is 7.93. The van der Waals surface area contributed by atoms with Gasteiger partial charge in [-0.3, -0.25) is 4.79 Å². The standard InChI is InChI=1S/C17H25ClN2O/c1-12(11-16(3,4)20-13(2)21)19-17(9-10-17)14-7-5-6-8-15(14)18/h5-8,12,19H,9-11H2,1-4H3,(H,20,21). The summed E-state index contributed by atoms with van der Waals surface area (Å²) in [6.07, 6.45) is 3.10. The molecule has 1 atom stereocenters. The molecule has 116 valence electrons. The Hall–Kier alpha value is -1.06. The van der Waals surface area contributed by atoms with Crippen LogP contribution in [-0.4, -0.2) is 17.5 Å². The number of rotatable bonds is 6. The van der Waals surface area contributed by atoms with Crippen molar-refractivity contribution in [3.05, 3.63) is 34.9 Å². The highest BCUT2D eigenvalue weighted by atomic mass is 35.5. The first-order valence-electron chi connectivity index (χ1n) is 7.56. The highest BCUT2D eigenvalue weighted by Gasteiger charge is 2.46. The number of benzene rings is 1. The molecule has 0 heterocycles. The van der Waals surface area contributed by atoms with Crippen LogP contribution in [0.5, 0.6) is 0 Å². The molecule has 4 heteroatoms. The minimum Gasteiger partial charge on any atom is -0.351 e. The lowest BCUT2D eigenvalue weighted by atomic mass is 9.94. The molecule has 0 bridgehead atoms. The molecule has 0 spiro atoms. The minimum absolute atomic E-state index is 0.0134. The Kier molecular flexibility index (Phi) is 4.64. The summed E-state index contributed by atoms with van der Waals surface area (Å²) >= 11 is 6.34. The molecule has 1 aliphatic carbocycles. The first-order chi connectivity index (χ1) is 9.74. The van der Waals surface area contributed by atoms with Crippen LogP contribution in [0.3, 0.4) is 0 Å². The number of halogens is 1. The zero-order chi connectivity index (χ0) is 15.7. The van der Waals surface area contributed by atoms with Gasteiger partial charge in [0.05, 0.1) is 0 Å². The predicted octanol–water partition coefficient (Wildman–Crippen LogP) is 3.61. The van der Waals surface area contributed by atoms with Crippen molar-refractivity contribution < 1.29 is 4.79 Å². The Labute approximate surface area is 132 Å². The summed E-state index contributed by atoms with van der Waals surface area (Å²) in [5.41, 5.74) is 0.995. The van der Waals surface area contributed by atoms with Gasteiger partial charge in [0.15, 0.2) is 0 Å². The van der Waals surface area contributed by atoms with Crippen LogP contribution >= 0.6 is 11.6 Å². The van der Waals surface area contributed by atoms with E-state index in [2.05, 4.69) is 37.5 Å². The van der Waals surface area contributed by atoms with Crippen molar-refractivity contribution in [3.8, 4) is 0 Å². The van der Waals surface area contributed by atoms with Gasteiger partial charge in [0, 0.05) is 29.1 Å². The van der Waals surface area contributed by atoms with E-state index < -0.39 is 0 Å². The van der Waals surface area contributed by atoms with Crippen LogP contribution in [0.4, 0.5) is 0 Å². The smallest absolute Gasteiger partial charge is 0.217 e. The third-order valence-electron chi connectivity index (χ3n) is 3.99. The first kappa shape index (κ1) is 16.3. The largest absolute Gasteiger partial charge is 0.351 e. The topological polar surface area (TPSA) is 41.1 Å². The SMILES string of the molecule is CC(=O)NC(C)(C)CC(C)NC1(c2ccccc2Cl)CC1. The second-order valence-electron chi connectivity index (χ2n) is 6.88. The molecule has 21 heavy (non-hydrogen) atoms. The average molecular weight is 309 g/mol. The third-order valence-corrected chi connectivity index (χ3v) is 4.32. The molecule has 0 saturated heterocycles. The van der Waals surface area contributed by atoms with Crippen LogP contribution in [0.25, 0.3) is 0 Å². The van der Waals surface area contributed by atoms with Gasteiger partial charge in [0.1, 0.15) is 0 Å². The van der Waals surface area contributed by atoms with Crippen molar-refractivity contribution in [3.63, 3.8) is 0 Å². The molecular formula is C17H25ClN2O. The van der Waals surface area contributed by atoms with Crippen molar-refractivity contribution in [2.45, 2.75) is 64.1 Å². The fraction of sp³-hybridized carbons (Fsp3) is 0.588. The molecule has 1 aliphatic rings. The molecule has 0 radical (unpaired) electrons. The molecule has 1 saturated carbocycles. The summed E-state index contributed by atoms with van der Waals surface area (Å²) in [4.78, 5) is 11.3. The zero-order valence-electron chi connectivity index (χ0n) is 13.3. The Balaban J connectivity index is 2.01. The van der Waals surface area contributed by atoms with Crippen LogP contribution < -0.4 is 10.6 Å². The molecule has 0 aliphatic heterocycles. The van der Waals surface area contributed by atoms with Crippen LogP contribution in [0.15, 0.2) is 24.3 Å². The van der Waals surface area contributed by atoms with Gasteiger partial charge < -0.3 is 10.6 Å². The lowest BCUT2D eigenvalue weighted by molar-refractivity contribution is -0.120. The van der Waals surface area contributed by atoms with Crippen molar-refractivity contribution in [1.82, 2.24) is 10.6 Å². The van der Waals surface area contributed by atoms with Crippen molar-refractivity contribution in [1.29, 1.82) is 0 Å². The number of carbonyl (C=O) groups excluding carboxylic acids is 1. The van der Waals surface area contributed by atoms with Crippen LogP contribution in [0.1, 0.15) is 52.5 Å². The molecule has 2 N–H and O–H groups in total. The van der Waals surface area contributed by atoms with Gasteiger partial charge in [0.2, 0.25) is 5.91 Å². The maximum Gasteiger partial charge on any atom is 0.217 e. The van der Waals surface area contributed by atoms with Gasteiger partial charge in [-0.25, -0.2) is 0 Å². The lowest BCUT2D eigenvalue weighted by Gasteiger charge is -2.32. The Bertz CT molecular complexity index is 523. The number of hydrogen-bond donors (Lipinski definition) is 2. The summed E-state index contributed by atoms with van der Waals surface area (Å²) in [5.74, 6) is 0.0134. The van der Waals surface area contributed by atoms with Gasteiger partial charge in [-0.1, -0.05) is 29.8 Å². The van der Waals surface area contributed by atoms with E-state index in [0.717, 1.165) is 24.3 Å². The van der Waals surface area contributed by atoms with Gasteiger partial charge in [0.25, 0.3) is 0 Å². The minimum atomic E-state index is -0.213. The second kappa shape index (κ2) is 5.98. The Morgan fingerprint density at radius 1 is 1.38 bits per heavy atom. The molecule has 1 unspecified atom stereocenters. The fourth-order valence-electron chi connectivity index (χ4n) is 3.28. The molecule has 1 aromatic carbocycles. The summed E-state index contributed by atoms with van der Waals surface area (Å²) in [7, 11) is 0. The summed E-state index contributed by atoms with van der Waals surface area (Å²) in [6.45, 7) is 7.84. The molecule has 0 aromatic heterocycles. The number of nitrogens with one attached hydrogen (secondary N) is 2. The fourth-order valence-corrected chi connectivity index (χ4v) is 3.60. The van der Waals surface area contributed by atoms with Gasteiger partial charge in [-0.2, -0.15) is 0 Å². The normalized spacial score (nSPS) is 18.1. The zero-order valence-corrected chi connectivity index (χ0v) is 14.1. The number of hydrogen-bond acceptors (Lipinski definition) is 2. The quantitative estimate of drug-likeness (QED) is 0.843. The van der Waals surface area contributed by atoms with Gasteiger partial charge >= 0.3 is 0 Å². The third kappa shape index (κ3) is 4.21. The van der Waals surface area contributed by atoms with E-state index in [1.54, 1.807) is 6.92 Å². The molecular weight excluding hydrogens is 284 g/mol. The summed E-state index contributed by atoms with van der Waals surface area (Å²) in [5, 5.41) is 7.55.